The largest absolute Gasteiger partial charge is 0.353 e. The molecule has 1 unspecified atom stereocenters. The van der Waals surface area contributed by atoms with Crippen LogP contribution in [0.2, 0.25) is 0 Å². The van der Waals surface area contributed by atoms with Crippen molar-refractivity contribution in [3.63, 3.8) is 0 Å². The molecule has 0 saturated heterocycles. The molecule has 170 valence electrons. The van der Waals surface area contributed by atoms with Crippen molar-refractivity contribution in [3.8, 4) is 0 Å². The standard InChI is InChI=1S/C30H28N2S2/c1-3-5-10-18(4-2)17-32-26-21-12-7-9-14-24(21)33-29(26)30-27(32)22-16-15-20-19-11-6-8-13-23(19)31-25(20)28(22)34-30/h6-9,11-16,18,31H,3-5,10,17H2,1-2H3. The van der Waals surface area contributed by atoms with Crippen molar-refractivity contribution in [2.45, 2.75) is 46.1 Å². The Balaban J connectivity index is 1.58. The van der Waals surface area contributed by atoms with Crippen molar-refractivity contribution in [1.82, 2.24) is 9.55 Å². The van der Waals surface area contributed by atoms with Crippen LogP contribution in [-0.2, 0) is 6.54 Å². The Labute approximate surface area is 206 Å². The Kier molecular flexibility index (Phi) is 4.75. The molecule has 0 aliphatic heterocycles. The molecule has 0 fully saturated rings. The van der Waals surface area contributed by atoms with Gasteiger partial charge in [-0.05, 0) is 24.5 Å². The highest BCUT2D eigenvalue weighted by Gasteiger charge is 2.23. The fourth-order valence-electron chi connectivity index (χ4n) is 5.80. The number of rotatable bonds is 6. The second kappa shape index (κ2) is 7.86. The molecule has 4 heteroatoms. The summed E-state index contributed by atoms with van der Waals surface area (Å²) in [6.45, 7) is 5.78. The lowest BCUT2D eigenvalue weighted by Gasteiger charge is -2.17. The summed E-state index contributed by atoms with van der Waals surface area (Å²) >= 11 is 3.95. The summed E-state index contributed by atoms with van der Waals surface area (Å²) in [7, 11) is 0. The van der Waals surface area contributed by atoms with Gasteiger partial charge >= 0.3 is 0 Å². The van der Waals surface area contributed by atoms with E-state index in [1.54, 1.807) is 0 Å². The van der Waals surface area contributed by atoms with Crippen LogP contribution < -0.4 is 0 Å². The third-order valence-corrected chi connectivity index (χ3v) is 10.1. The molecular formula is C30H28N2S2. The molecule has 4 aromatic heterocycles. The number of benzene rings is 3. The number of fused-ring (bicyclic) bond motifs is 11. The lowest BCUT2D eigenvalue weighted by molar-refractivity contribution is 0.401. The highest BCUT2D eigenvalue weighted by atomic mass is 32.1. The predicted molar refractivity (Wildman–Crippen MR) is 153 cm³/mol. The Bertz CT molecular complexity index is 1820. The second-order valence-electron chi connectivity index (χ2n) is 9.62. The number of aromatic amines is 1. The summed E-state index contributed by atoms with van der Waals surface area (Å²) in [5.41, 5.74) is 5.42. The Morgan fingerprint density at radius 1 is 0.765 bits per heavy atom. The van der Waals surface area contributed by atoms with E-state index < -0.39 is 0 Å². The van der Waals surface area contributed by atoms with E-state index in [2.05, 4.69) is 84.1 Å². The van der Waals surface area contributed by atoms with Crippen molar-refractivity contribution in [1.29, 1.82) is 0 Å². The molecule has 7 aromatic rings. The van der Waals surface area contributed by atoms with Crippen molar-refractivity contribution in [3.05, 3.63) is 60.7 Å². The van der Waals surface area contributed by atoms with E-state index in [1.165, 1.54) is 88.1 Å². The van der Waals surface area contributed by atoms with E-state index in [0.717, 1.165) is 6.54 Å². The molecule has 1 atom stereocenters. The van der Waals surface area contributed by atoms with Crippen LogP contribution in [0.3, 0.4) is 0 Å². The maximum atomic E-state index is 3.75. The van der Waals surface area contributed by atoms with Crippen LogP contribution in [0.15, 0.2) is 60.7 Å². The van der Waals surface area contributed by atoms with Crippen LogP contribution >= 0.6 is 22.7 Å². The molecule has 0 radical (unpaired) electrons. The normalized spacial score (nSPS) is 13.5. The predicted octanol–water partition coefficient (Wildman–Crippen LogP) is 10.1. The molecule has 0 bridgehead atoms. The summed E-state index contributed by atoms with van der Waals surface area (Å²) in [5, 5.41) is 5.46. The van der Waals surface area contributed by atoms with Gasteiger partial charge in [0, 0.05) is 38.3 Å². The van der Waals surface area contributed by atoms with Crippen molar-refractivity contribution < 1.29 is 0 Å². The van der Waals surface area contributed by atoms with E-state index in [0.29, 0.717) is 5.92 Å². The zero-order valence-corrected chi connectivity index (χ0v) is 21.3. The third kappa shape index (κ3) is 2.85. The molecule has 0 spiro atoms. The van der Waals surface area contributed by atoms with Gasteiger partial charge in [0.1, 0.15) is 0 Å². The minimum Gasteiger partial charge on any atom is -0.353 e. The molecule has 0 saturated carbocycles. The van der Waals surface area contributed by atoms with Crippen LogP contribution in [0.1, 0.15) is 39.5 Å². The summed E-state index contributed by atoms with van der Waals surface area (Å²) in [5.74, 6) is 0.712. The number of nitrogens with zero attached hydrogens (tertiary/aromatic N) is 1. The number of unbranched alkanes of at least 4 members (excludes halogenated alkanes) is 1. The smallest absolute Gasteiger partial charge is 0.0714 e. The topological polar surface area (TPSA) is 20.7 Å². The van der Waals surface area contributed by atoms with Crippen LogP contribution in [-0.4, -0.2) is 9.55 Å². The number of nitrogens with one attached hydrogen (secondary N) is 1. The molecule has 0 amide bonds. The van der Waals surface area contributed by atoms with E-state index in [9.17, 15) is 0 Å². The number of aromatic nitrogens is 2. The highest BCUT2D eigenvalue weighted by Crippen LogP contribution is 2.49. The molecule has 1 N–H and O–H groups in total. The second-order valence-corrected chi connectivity index (χ2v) is 11.7. The third-order valence-electron chi connectivity index (χ3n) is 7.61. The Hall–Kier alpha value is -2.82. The van der Waals surface area contributed by atoms with Gasteiger partial charge in [-0.25, -0.2) is 0 Å². The first-order valence-corrected chi connectivity index (χ1v) is 14.2. The van der Waals surface area contributed by atoms with Gasteiger partial charge in [-0.1, -0.05) is 81.6 Å². The van der Waals surface area contributed by atoms with Crippen LogP contribution in [0.4, 0.5) is 0 Å². The number of H-pyrrole nitrogens is 1. The van der Waals surface area contributed by atoms with Gasteiger partial charge in [0.25, 0.3) is 0 Å². The number of hydrogen-bond donors (Lipinski definition) is 1. The first kappa shape index (κ1) is 20.5. The number of hydrogen-bond acceptors (Lipinski definition) is 2. The number of para-hydroxylation sites is 1. The Morgan fingerprint density at radius 3 is 2.35 bits per heavy atom. The quantitative estimate of drug-likeness (QED) is 0.244. The van der Waals surface area contributed by atoms with Crippen molar-refractivity contribution in [2.75, 3.05) is 0 Å². The molecule has 3 aromatic carbocycles. The van der Waals surface area contributed by atoms with E-state index in [1.807, 2.05) is 22.7 Å². The maximum absolute atomic E-state index is 3.75. The van der Waals surface area contributed by atoms with Crippen molar-refractivity contribution in [2.24, 2.45) is 5.92 Å². The molecule has 0 aliphatic rings. The molecule has 0 aliphatic carbocycles. The average molecular weight is 481 g/mol. The van der Waals surface area contributed by atoms with E-state index >= 15 is 0 Å². The summed E-state index contributed by atoms with van der Waals surface area (Å²) in [6, 6.07) is 22.4. The van der Waals surface area contributed by atoms with Gasteiger partial charge in [-0.15, -0.1) is 22.7 Å². The zero-order chi connectivity index (χ0) is 22.8. The van der Waals surface area contributed by atoms with Gasteiger partial charge in [0.05, 0.1) is 30.6 Å². The lowest BCUT2D eigenvalue weighted by Crippen LogP contribution is -2.10. The molecule has 4 heterocycles. The van der Waals surface area contributed by atoms with Crippen LogP contribution in [0.25, 0.3) is 62.4 Å². The first-order valence-electron chi connectivity index (χ1n) is 12.5. The minimum absolute atomic E-state index is 0.712. The molecule has 7 rings (SSSR count). The fraction of sp³-hybridized carbons (Fsp3) is 0.267. The highest BCUT2D eigenvalue weighted by molar-refractivity contribution is 7.34. The lowest BCUT2D eigenvalue weighted by atomic mass is 9.99. The van der Waals surface area contributed by atoms with E-state index in [4.69, 9.17) is 0 Å². The van der Waals surface area contributed by atoms with E-state index in [-0.39, 0.29) is 0 Å². The van der Waals surface area contributed by atoms with Gasteiger partial charge < -0.3 is 9.55 Å². The number of thiophene rings is 2. The average Bonchev–Trinajstić information content (AvgIpc) is 3.60. The fourth-order valence-corrected chi connectivity index (χ4v) is 8.45. The monoisotopic (exact) mass is 480 g/mol. The zero-order valence-electron chi connectivity index (χ0n) is 19.7. The molecule has 2 nitrogen and oxygen atoms in total. The van der Waals surface area contributed by atoms with Gasteiger partial charge in [0.15, 0.2) is 0 Å². The van der Waals surface area contributed by atoms with Crippen LogP contribution in [0, 0.1) is 5.92 Å². The first-order chi connectivity index (χ1) is 16.8. The minimum atomic E-state index is 0.712. The summed E-state index contributed by atoms with van der Waals surface area (Å²) < 4.78 is 8.42. The maximum Gasteiger partial charge on any atom is 0.0714 e. The molecular weight excluding hydrogens is 452 g/mol. The SMILES string of the molecule is CCCCC(CC)Cn1c2c3ccccc3sc2c2sc3c(ccc4c5ccccc5[nH]c43)c21. The van der Waals surface area contributed by atoms with Gasteiger partial charge in [-0.2, -0.15) is 0 Å². The van der Waals surface area contributed by atoms with Crippen molar-refractivity contribution >= 4 is 85.1 Å². The Morgan fingerprint density at radius 2 is 1.50 bits per heavy atom. The molecule has 34 heavy (non-hydrogen) atoms. The summed E-state index contributed by atoms with van der Waals surface area (Å²) in [4.78, 5) is 3.75. The van der Waals surface area contributed by atoms with Gasteiger partial charge in [-0.3, -0.25) is 0 Å². The van der Waals surface area contributed by atoms with Gasteiger partial charge in [0.2, 0.25) is 0 Å². The summed E-state index contributed by atoms with van der Waals surface area (Å²) in [6.07, 6.45) is 5.13. The van der Waals surface area contributed by atoms with Crippen LogP contribution in [0.5, 0.6) is 0 Å².